The average molecular weight is 304 g/mol. The van der Waals surface area contributed by atoms with Crippen LogP contribution in [-0.2, 0) is 19.1 Å². The number of carbonyl (C=O) groups excluding carboxylic acids is 2. The Labute approximate surface area is 131 Å². The van der Waals surface area contributed by atoms with Crippen LogP contribution in [-0.4, -0.2) is 11.9 Å². The summed E-state index contributed by atoms with van der Waals surface area (Å²) >= 11 is 0. The zero-order valence-corrected chi connectivity index (χ0v) is 13.0. The smallest absolute Gasteiger partial charge is 0.336 e. The molecule has 0 aromatic rings. The number of esters is 2. The van der Waals surface area contributed by atoms with Crippen LogP contribution < -0.4 is 0 Å². The summed E-state index contributed by atoms with van der Waals surface area (Å²) in [5, 5.41) is 0. The molecule has 2 rings (SSSR count). The molecule has 0 aromatic heterocycles. The molecule has 2 aliphatic rings. The Hall–Kier alpha value is -1.84. The lowest BCUT2D eigenvalue weighted by molar-refractivity contribution is -0.136. The van der Waals surface area contributed by atoms with E-state index in [9.17, 15) is 9.59 Å². The first-order valence-corrected chi connectivity index (χ1v) is 8.24. The van der Waals surface area contributed by atoms with Gasteiger partial charge in [-0.1, -0.05) is 12.8 Å². The number of ether oxygens (including phenoxy) is 2. The molecule has 0 saturated carbocycles. The third kappa shape index (κ3) is 6.29. The fraction of sp³-hybridized carbons (Fsp3) is 0.556. The van der Waals surface area contributed by atoms with Crippen LogP contribution >= 0.6 is 0 Å². The summed E-state index contributed by atoms with van der Waals surface area (Å²) in [5.74, 6) is 0.402. The van der Waals surface area contributed by atoms with E-state index in [1.807, 2.05) is 12.2 Å². The summed E-state index contributed by atoms with van der Waals surface area (Å²) in [4.78, 5) is 23.4. The van der Waals surface area contributed by atoms with Gasteiger partial charge in [-0.05, 0) is 50.7 Å². The molecule has 0 heterocycles. The number of carbonyl (C=O) groups is 2. The van der Waals surface area contributed by atoms with Crippen LogP contribution in [0.3, 0.4) is 0 Å². The Bertz CT molecular complexity index is 441. The standard InChI is InChI=1S/C18H24O4/c19-17(21-15-9-5-1-2-6-10-15)13-14-18(20)22-16-11-7-3-4-8-12-16/h9,11,13-14H,1-8,10,12H2/b14-13-. The Kier molecular flexibility index (Phi) is 6.94. The summed E-state index contributed by atoms with van der Waals surface area (Å²) in [6.45, 7) is 0. The summed E-state index contributed by atoms with van der Waals surface area (Å²) in [6.07, 6.45) is 16.4. The summed E-state index contributed by atoms with van der Waals surface area (Å²) in [6, 6.07) is 0. The second kappa shape index (κ2) is 9.23. The molecule has 0 spiro atoms. The van der Waals surface area contributed by atoms with Gasteiger partial charge in [-0.2, -0.15) is 0 Å². The van der Waals surface area contributed by atoms with E-state index in [-0.39, 0.29) is 0 Å². The molecule has 0 unspecified atom stereocenters. The van der Waals surface area contributed by atoms with Gasteiger partial charge in [-0.3, -0.25) is 0 Å². The lowest BCUT2D eigenvalue weighted by Crippen LogP contribution is -2.04. The van der Waals surface area contributed by atoms with Crippen molar-refractivity contribution in [3.63, 3.8) is 0 Å². The summed E-state index contributed by atoms with van der Waals surface area (Å²) in [5.41, 5.74) is 0. The van der Waals surface area contributed by atoms with Crippen LogP contribution in [0, 0.1) is 0 Å². The highest BCUT2D eigenvalue weighted by molar-refractivity contribution is 5.92. The van der Waals surface area contributed by atoms with Crippen LogP contribution in [0.4, 0.5) is 0 Å². The van der Waals surface area contributed by atoms with E-state index in [4.69, 9.17) is 9.47 Å². The fourth-order valence-electron chi connectivity index (χ4n) is 2.62. The molecule has 0 N–H and O–H groups in total. The van der Waals surface area contributed by atoms with Gasteiger partial charge < -0.3 is 9.47 Å². The number of hydrogen-bond donors (Lipinski definition) is 0. The molecule has 0 aromatic carbocycles. The van der Waals surface area contributed by atoms with Crippen LogP contribution in [0.15, 0.2) is 35.8 Å². The lowest BCUT2D eigenvalue weighted by Gasteiger charge is -2.05. The highest BCUT2D eigenvalue weighted by atomic mass is 16.5. The van der Waals surface area contributed by atoms with E-state index in [1.165, 1.54) is 0 Å². The zero-order chi connectivity index (χ0) is 15.6. The maximum absolute atomic E-state index is 11.7. The summed E-state index contributed by atoms with van der Waals surface area (Å²) in [7, 11) is 0. The monoisotopic (exact) mass is 304 g/mol. The molecule has 0 atom stereocenters. The predicted molar refractivity (Wildman–Crippen MR) is 83.7 cm³/mol. The second-order valence-corrected chi connectivity index (χ2v) is 5.72. The Morgan fingerprint density at radius 1 is 0.727 bits per heavy atom. The first kappa shape index (κ1) is 16.5. The first-order valence-electron chi connectivity index (χ1n) is 8.24. The van der Waals surface area contributed by atoms with Gasteiger partial charge in [0.05, 0.1) is 0 Å². The molecular weight excluding hydrogens is 280 g/mol. The van der Waals surface area contributed by atoms with Crippen molar-refractivity contribution in [2.24, 2.45) is 0 Å². The van der Waals surface area contributed by atoms with Gasteiger partial charge >= 0.3 is 11.9 Å². The maximum Gasteiger partial charge on any atom is 0.336 e. The van der Waals surface area contributed by atoms with Crippen molar-refractivity contribution in [1.29, 1.82) is 0 Å². The maximum atomic E-state index is 11.7. The number of hydrogen-bond acceptors (Lipinski definition) is 4. The molecule has 4 heteroatoms. The normalized spacial score (nSPS) is 19.6. The van der Waals surface area contributed by atoms with Crippen LogP contribution in [0.5, 0.6) is 0 Å². The third-order valence-corrected chi connectivity index (χ3v) is 3.82. The number of rotatable bonds is 4. The van der Waals surface area contributed by atoms with Gasteiger partial charge in [0.2, 0.25) is 0 Å². The van der Waals surface area contributed by atoms with E-state index in [0.717, 1.165) is 76.4 Å². The molecule has 120 valence electrons. The molecular formula is C18H24O4. The highest BCUT2D eigenvalue weighted by Gasteiger charge is 2.10. The van der Waals surface area contributed by atoms with Crippen molar-refractivity contribution in [3.8, 4) is 0 Å². The van der Waals surface area contributed by atoms with Crippen molar-refractivity contribution >= 4 is 11.9 Å². The molecule has 0 radical (unpaired) electrons. The van der Waals surface area contributed by atoms with Gasteiger partial charge in [0, 0.05) is 25.0 Å². The largest absolute Gasteiger partial charge is 0.428 e. The van der Waals surface area contributed by atoms with E-state index < -0.39 is 11.9 Å². The fourth-order valence-corrected chi connectivity index (χ4v) is 2.62. The van der Waals surface area contributed by atoms with Crippen LogP contribution in [0.25, 0.3) is 0 Å². The minimum absolute atomic E-state index is 0.514. The minimum atomic E-state index is -0.514. The van der Waals surface area contributed by atoms with E-state index in [2.05, 4.69) is 0 Å². The van der Waals surface area contributed by atoms with Crippen molar-refractivity contribution in [2.75, 3.05) is 0 Å². The Morgan fingerprint density at radius 2 is 1.18 bits per heavy atom. The van der Waals surface area contributed by atoms with Crippen LogP contribution in [0.1, 0.15) is 64.2 Å². The number of allylic oxidation sites excluding steroid dienone is 4. The predicted octanol–water partition coefficient (Wildman–Crippen LogP) is 4.33. The highest BCUT2D eigenvalue weighted by Crippen LogP contribution is 2.19. The van der Waals surface area contributed by atoms with Crippen molar-refractivity contribution in [1.82, 2.24) is 0 Å². The van der Waals surface area contributed by atoms with E-state index >= 15 is 0 Å². The van der Waals surface area contributed by atoms with Crippen molar-refractivity contribution in [3.05, 3.63) is 35.8 Å². The van der Waals surface area contributed by atoms with Gasteiger partial charge in [0.25, 0.3) is 0 Å². The SMILES string of the molecule is O=C(/C=C\C(=O)OC1=CCCCCC1)OC1=CCCCCC1. The topological polar surface area (TPSA) is 52.6 Å². The van der Waals surface area contributed by atoms with Gasteiger partial charge in [-0.15, -0.1) is 0 Å². The van der Waals surface area contributed by atoms with E-state index in [1.54, 1.807) is 0 Å². The summed E-state index contributed by atoms with van der Waals surface area (Å²) < 4.78 is 10.5. The minimum Gasteiger partial charge on any atom is -0.428 e. The Morgan fingerprint density at radius 3 is 1.64 bits per heavy atom. The van der Waals surface area contributed by atoms with Crippen molar-refractivity contribution in [2.45, 2.75) is 64.2 Å². The molecule has 0 aliphatic heterocycles. The molecule has 0 bridgehead atoms. The van der Waals surface area contributed by atoms with Crippen LogP contribution in [0.2, 0.25) is 0 Å². The Balaban J connectivity index is 1.77. The quantitative estimate of drug-likeness (QED) is 0.573. The molecule has 0 amide bonds. The first-order chi connectivity index (χ1) is 10.7. The van der Waals surface area contributed by atoms with Gasteiger partial charge in [0.15, 0.2) is 0 Å². The second-order valence-electron chi connectivity index (χ2n) is 5.72. The lowest BCUT2D eigenvalue weighted by atomic mass is 10.2. The zero-order valence-electron chi connectivity index (χ0n) is 13.0. The molecule has 4 nitrogen and oxygen atoms in total. The van der Waals surface area contributed by atoms with E-state index in [0.29, 0.717) is 11.5 Å². The third-order valence-electron chi connectivity index (χ3n) is 3.82. The average Bonchev–Trinajstić information content (AvgIpc) is 2.90. The molecule has 22 heavy (non-hydrogen) atoms. The molecule has 0 fully saturated rings. The molecule has 0 saturated heterocycles. The van der Waals surface area contributed by atoms with Crippen molar-refractivity contribution < 1.29 is 19.1 Å². The van der Waals surface area contributed by atoms with Gasteiger partial charge in [-0.25, -0.2) is 9.59 Å². The molecule has 2 aliphatic carbocycles. The van der Waals surface area contributed by atoms with Gasteiger partial charge in [0.1, 0.15) is 11.5 Å².